The Balaban J connectivity index is 4.06. The summed E-state index contributed by atoms with van der Waals surface area (Å²) in [5, 5.41) is 8.21. The zero-order valence-corrected chi connectivity index (χ0v) is 11.7. The highest BCUT2D eigenvalue weighted by atomic mass is 16.5. The van der Waals surface area contributed by atoms with E-state index >= 15 is 0 Å². The lowest BCUT2D eigenvalue weighted by Gasteiger charge is -2.19. The summed E-state index contributed by atoms with van der Waals surface area (Å²) in [5.41, 5.74) is 0. The van der Waals surface area contributed by atoms with Gasteiger partial charge in [-0.3, -0.25) is 9.59 Å². The first-order valence-corrected chi connectivity index (χ1v) is 6.21. The molecule has 0 aliphatic rings. The summed E-state index contributed by atoms with van der Waals surface area (Å²) >= 11 is 0. The Bertz CT molecular complexity index is 257. The van der Waals surface area contributed by atoms with Crippen LogP contribution >= 0.6 is 0 Å². The van der Waals surface area contributed by atoms with Gasteiger partial charge in [0.25, 0.3) is 0 Å². The quantitative estimate of drug-likeness (QED) is 0.488. The Morgan fingerprint density at radius 2 is 1.94 bits per heavy atom. The molecule has 6 heteroatoms. The van der Waals surface area contributed by atoms with Gasteiger partial charge in [-0.15, -0.1) is 0 Å². The number of amides is 2. The lowest BCUT2D eigenvalue weighted by molar-refractivity contribution is -0.128. The number of hydrogen-bond donors (Lipinski definition) is 3. The minimum atomic E-state index is -0.466. The molecule has 106 valence electrons. The lowest BCUT2D eigenvalue weighted by Crippen LogP contribution is -2.49. The molecule has 0 aromatic rings. The average molecular weight is 259 g/mol. The van der Waals surface area contributed by atoms with E-state index in [-0.39, 0.29) is 18.4 Å². The van der Waals surface area contributed by atoms with Crippen LogP contribution in [0.4, 0.5) is 0 Å². The standard InChI is InChI=1S/C12H25N3O3/c1-9(2)7-10(12(17)13-3)15-11(16)8-14-5-6-18-4/h9-10,14H,5-8H2,1-4H3,(H,13,17)(H,15,16). The predicted octanol–water partition coefficient (Wildman–Crippen LogP) is -0.501. The second-order valence-electron chi connectivity index (χ2n) is 4.53. The van der Waals surface area contributed by atoms with Crippen LogP contribution in [0.5, 0.6) is 0 Å². The lowest BCUT2D eigenvalue weighted by atomic mass is 10.0. The molecule has 2 amide bonds. The number of carbonyl (C=O) groups is 2. The van der Waals surface area contributed by atoms with Gasteiger partial charge in [0.2, 0.25) is 11.8 Å². The normalized spacial score (nSPS) is 12.3. The maximum Gasteiger partial charge on any atom is 0.242 e. The molecule has 0 saturated carbocycles. The van der Waals surface area contributed by atoms with Crippen molar-refractivity contribution in [2.75, 3.05) is 33.9 Å². The summed E-state index contributed by atoms with van der Waals surface area (Å²) in [6.07, 6.45) is 0.628. The summed E-state index contributed by atoms with van der Waals surface area (Å²) in [6, 6.07) is -0.466. The van der Waals surface area contributed by atoms with E-state index in [1.54, 1.807) is 14.2 Å². The molecule has 0 aliphatic carbocycles. The van der Waals surface area contributed by atoms with Crippen molar-refractivity contribution in [3.63, 3.8) is 0 Å². The molecule has 3 N–H and O–H groups in total. The molecule has 1 atom stereocenters. The van der Waals surface area contributed by atoms with Crippen molar-refractivity contribution in [1.29, 1.82) is 0 Å². The van der Waals surface area contributed by atoms with Crippen LogP contribution < -0.4 is 16.0 Å². The summed E-state index contributed by atoms with van der Waals surface area (Å²) in [4.78, 5) is 23.2. The van der Waals surface area contributed by atoms with E-state index in [4.69, 9.17) is 4.74 Å². The molecule has 0 aliphatic heterocycles. The largest absolute Gasteiger partial charge is 0.383 e. The van der Waals surface area contributed by atoms with Crippen molar-refractivity contribution in [2.45, 2.75) is 26.3 Å². The van der Waals surface area contributed by atoms with Crippen LogP contribution in [0.15, 0.2) is 0 Å². The first-order chi connectivity index (χ1) is 8.51. The molecular formula is C12H25N3O3. The first-order valence-electron chi connectivity index (χ1n) is 6.21. The van der Waals surface area contributed by atoms with E-state index in [1.807, 2.05) is 13.8 Å². The van der Waals surface area contributed by atoms with E-state index < -0.39 is 6.04 Å². The fourth-order valence-electron chi connectivity index (χ4n) is 1.50. The van der Waals surface area contributed by atoms with Gasteiger partial charge in [0.1, 0.15) is 6.04 Å². The van der Waals surface area contributed by atoms with E-state index in [0.717, 1.165) is 0 Å². The number of nitrogens with one attached hydrogen (secondary N) is 3. The Hall–Kier alpha value is -1.14. The van der Waals surface area contributed by atoms with Crippen molar-refractivity contribution in [2.24, 2.45) is 5.92 Å². The molecule has 0 aromatic carbocycles. The van der Waals surface area contributed by atoms with Gasteiger partial charge in [0.05, 0.1) is 13.2 Å². The summed E-state index contributed by atoms with van der Waals surface area (Å²) < 4.78 is 4.85. The van der Waals surface area contributed by atoms with Gasteiger partial charge in [-0.25, -0.2) is 0 Å². The van der Waals surface area contributed by atoms with Crippen molar-refractivity contribution in [1.82, 2.24) is 16.0 Å². The van der Waals surface area contributed by atoms with Crippen molar-refractivity contribution >= 4 is 11.8 Å². The zero-order chi connectivity index (χ0) is 14.0. The number of hydrogen-bond acceptors (Lipinski definition) is 4. The number of carbonyl (C=O) groups excluding carboxylic acids is 2. The van der Waals surface area contributed by atoms with Crippen molar-refractivity contribution in [3.8, 4) is 0 Å². The second-order valence-corrected chi connectivity index (χ2v) is 4.53. The van der Waals surface area contributed by atoms with Gasteiger partial charge >= 0.3 is 0 Å². The highest BCUT2D eigenvalue weighted by molar-refractivity contribution is 5.88. The van der Waals surface area contributed by atoms with Crippen LogP contribution in [0.2, 0.25) is 0 Å². The molecule has 0 spiro atoms. The molecule has 0 heterocycles. The Morgan fingerprint density at radius 3 is 2.44 bits per heavy atom. The predicted molar refractivity (Wildman–Crippen MR) is 70.2 cm³/mol. The minimum absolute atomic E-state index is 0.158. The number of methoxy groups -OCH3 is 1. The van der Waals surface area contributed by atoms with Crippen LogP contribution in [-0.2, 0) is 14.3 Å². The van der Waals surface area contributed by atoms with Crippen LogP contribution in [0.3, 0.4) is 0 Å². The zero-order valence-electron chi connectivity index (χ0n) is 11.7. The van der Waals surface area contributed by atoms with Gasteiger partial charge in [0.15, 0.2) is 0 Å². The van der Waals surface area contributed by atoms with Crippen LogP contribution in [0.1, 0.15) is 20.3 Å². The van der Waals surface area contributed by atoms with Gasteiger partial charge in [-0.2, -0.15) is 0 Å². The summed E-state index contributed by atoms with van der Waals surface area (Å²) in [5.74, 6) is 0.00310. The van der Waals surface area contributed by atoms with Crippen LogP contribution in [0, 0.1) is 5.92 Å². The van der Waals surface area contributed by atoms with Gasteiger partial charge in [-0.05, 0) is 12.3 Å². The SMILES string of the molecule is CNC(=O)C(CC(C)C)NC(=O)CNCCOC. The van der Waals surface area contributed by atoms with Gasteiger partial charge < -0.3 is 20.7 Å². The maximum atomic E-state index is 11.6. The molecule has 0 aromatic heterocycles. The monoisotopic (exact) mass is 259 g/mol. The van der Waals surface area contributed by atoms with E-state index in [1.165, 1.54) is 0 Å². The molecule has 0 rings (SSSR count). The minimum Gasteiger partial charge on any atom is -0.383 e. The molecule has 0 bridgehead atoms. The molecule has 18 heavy (non-hydrogen) atoms. The average Bonchev–Trinajstić information content (AvgIpc) is 2.32. The fourth-order valence-corrected chi connectivity index (χ4v) is 1.50. The third-order valence-corrected chi connectivity index (χ3v) is 2.37. The van der Waals surface area contributed by atoms with Crippen molar-refractivity contribution < 1.29 is 14.3 Å². The summed E-state index contributed by atoms with van der Waals surface area (Å²) in [6.45, 7) is 5.38. The van der Waals surface area contributed by atoms with Crippen LogP contribution in [0.25, 0.3) is 0 Å². The molecule has 0 fully saturated rings. The molecule has 0 radical (unpaired) electrons. The van der Waals surface area contributed by atoms with Crippen LogP contribution in [-0.4, -0.2) is 51.7 Å². The molecule has 1 unspecified atom stereocenters. The van der Waals surface area contributed by atoms with E-state index in [2.05, 4.69) is 16.0 Å². The Labute approximate surface area is 109 Å². The molecule has 6 nitrogen and oxygen atoms in total. The first kappa shape index (κ1) is 16.9. The van der Waals surface area contributed by atoms with Gasteiger partial charge in [0, 0.05) is 20.7 Å². The molecular weight excluding hydrogens is 234 g/mol. The van der Waals surface area contributed by atoms with Crippen molar-refractivity contribution in [3.05, 3.63) is 0 Å². The summed E-state index contributed by atoms with van der Waals surface area (Å²) in [7, 11) is 3.17. The third kappa shape index (κ3) is 8.03. The second kappa shape index (κ2) is 9.85. The topological polar surface area (TPSA) is 79.5 Å². The smallest absolute Gasteiger partial charge is 0.242 e. The van der Waals surface area contributed by atoms with E-state index in [0.29, 0.717) is 25.5 Å². The maximum absolute atomic E-state index is 11.6. The number of likely N-dealkylation sites (N-methyl/N-ethyl adjacent to an activating group) is 1. The van der Waals surface area contributed by atoms with E-state index in [9.17, 15) is 9.59 Å². The fraction of sp³-hybridized carbons (Fsp3) is 0.833. The highest BCUT2D eigenvalue weighted by Gasteiger charge is 2.20. The Kier molecular flexibility index (Phi) is 9.22. The number of rotatable bonds is 9. The molecule has 0 saturated heterocycles. The van der Waals surface area contributed by atoms with Gasteiger partial charge in [-0.1, -0.05) is 13.8 Å². The highest BCUT2D eigenvalue weighted by Crippen LogP contribution is 2.04. The third-order valence-electron chi connectivity index (χ3n) is 2.37. The number of ether oxygens (including phenoxy) is 1. The Morgan fingerprint density at radius 1 is 1.28 bits per heavy atom.